The lowest BCUT2D eigenvalue weighted by atomic mass is 10.1. The smallest absolute Gasteiger partial charge is 0.297 e. The molecule has 0 aliphatic rings. The normalized spacial score (nSPS) is 12.2. The standard InChI is InChI=1S/C11H15N3O5/c1-4-9(15)7(3)13-10(16)8(14(18)19)6-12(5-2)11(13)17/h6-7H,4-5H2,1-3H3. The van der Waals surface area contributed by atoms with Crippen molar-refractivity contribution in [3.8, 4) is 0 Å². The van der Waals surface area contributed by atoms with E-state index in [-0.39, 0.29) is 18.7 Å². The largest absolute Gasteiger partial charge is 0.350 e. The highest BCUT2D eigenvalue weighted by atomic mass is 16.6. The molecule has 1 aromatic rings. The van der Waals surface area contributed by atoms with Crippen molar-refractivity contribution in [2.45, 2.75) is 39.8 Å². The van der Waals surface area contributed by atoms with E-state index in [4.69, 9.17) is 0 Å². The Bertz CT molecular complexity index is 628. The van der Waals surface area contributed by atoms with Crippen LogP contribution in [0.25, 0.3) is 0 Å². The summed E-state index contributed by atoms with van der Waals surface area (Å²) in [5.74, 6) is -0.331. The van der Waals surface area contributed by atoms with E-state index < -0.39 is 27.9 Å². The van der Waals surface area contributed by atoms with Crippen LogP contribution in [-0.4, -0.2) is 19.8 Å². The van der Waals surface area contributed by atoms with E-state index >= 15 is 0 Å². The molecule has 0 fully saturated rings. The van der Waals surface area contributed by atoms with Gasteiger partial charge in [-0.1, -0.05) is 6.92 Å². The van der Waals surface area contributed by atoms with Crippen LogP contribution in [0.2, 0.25) is 0 Å². The molecule has 1 rings (SSSR count). The maximum atomic E-state index is 12.0. The molecule has 104 valence electrons. The van der Waals surface area contributed by atoms with Crippen molar-refractivity contribution >= 4 is 11.5 Å². The van der Waals surface area contributed by atoms with Crippen molar-refractivity contribution < 1.29 is 9.72 Å². The molecule has 1 atom stereocenters. The van der Waals surface area contributed by atoms with Crippen molar-refractivity contribution in [3.63, 3.8) is 0 Å². The van der Waals surface area contributed by atoms with Gasteiger partial charge in [-0.05, 0) is 13.8 Å². The van der Waals surface area contributed by atoms with Gasteiger partial charge in [0.1, 0.15) is 0 Å². The first-order chi connectivity index (χ1) is 8.84. The molecule has 1 heterocycles. The average Bonchev–Trinajstić information content (AvgIpc) is 2.37. The first-order valence-electron chi connectivity index (χ1n) is 5.88. The Labute approximate surface area is 108 Å². The van der Waals surface area contributed by atoms with Crippen LogP contribution in [0.3, 0.4) is 0 Å². The third-order valence-electron chi connectivity index (χ3n) is 2.91. The zero-order chi connectivity index (χ0) is 14.7. The minimum atomic E-state index is -1.05. The molecule has 0 aliphatic carbocycles. The molecule has 0 saturated heterocycles. The minimum Gasteiger partial charge on any atom is -0.297 e. The SMILES string of the molecule is CCC(=O)C(C)n1c(=O)c([N+](=O)[O-])cn(CC)c1=O. The van der Waals surface area contributed by atoms with E-state index in [1.54, 1.807) is 13.8 Å². The Morgan fingerprint density at radius 1 is 1.42 bits per heavy atom. The van der Waals surface area contributed by atoms with Crippen molar-refractivity contribution in [2.75, 3.05) is 0 Å². The Morgan fingerprint density at radius 3 is 2.42 bits per heavy atom. The van der Waals surface area contributed by atoms with Gasteiger partial charge in [-0.25, -0.2) is 9.36 Å². The summed E-state index contributed by atoms with van der Waals surface area (Å²) in [7, 11) is 0. The number of rotatable bonds is 5. The third-order valence-corrected chi connectivity index (χ3v) is 2.91. The van der Waals surface area contributed by atoms with E-state index in [0.29, 0.717) is 4.57 Å². The Kier molecular flexibility index (Phi) is 4.36. The number of carbonyl (C=O) groups excluding carboxylic acids is 1. The summed E-state index contributed by atoms with van der Waals surface area (Å²) in [5.41, 5.74) is -2.47. The summed E-state index contributed by atoms with van der Waals surface area (Å²) in [5, 5.41) is 10.8. The minimum absolute atomic E-state index is 0.141. The van der Waals surface area contributed by atoms with Crippen molar-refractivity contribution in [1.82, 2.24) is 9.13 Å². The lowest BCUT2D eigenvalue weighted by molar-refractivity contribution is -0.387. The molecule has 0 radical (unpaired) electrons. The maximum absolute atomic E-state index is 12.0. The predicted molar refractivity (Wildman–Crippen MR) is 67.3 cm³/mol. The summed E-state index contributed by atoms with van der Waals surface area (Å²) in [6.45, 7) is 4.77. The van der Waals surface area contributed by atoms with Gasteiger partial charge in [0.15, 0.2) is 5.78 Å². The van der Waals surface area contributed by atoms with Crippen molar-refractivity contribution in [2.24, 2.45) is 0 Å². The van der Waals surface area contributed by atoms with Gasteiger partial charge >= 0.3 is 16.9 Å². The molecular formula is C11H15N3O5. The Balaban J connectivity index is 3.67. The predicted octanol–water partition coefficient (Wildman–Crippen LogP) is 0.478. The second-order valence-electron chi connectivity index (χ2n) is 4.01. The quantitative estimate of drug-likeness (QED) is 0.571. The van der Waals surface area contributed by atoms with Gasteiger partial charge in [0, 0.05) is 13.0 Å². The first-order valence-corrected chi connectivity index (χ1v) is 5.88. The molecule has 0 N–H and O–H groups in total. The van der Waals surface area contributed by atoms with E-state index in [2.05, 4.69) is 0 Å². The van der Waals surface area contributed by atoms with Crippen molar-refractivity contribution in [3.05, 3.63) is 37.1 Å². The second-order valence-corrected chi connectivity index (χ2v) is 4.01. The number of aryl methyl sites for hydroxylation is 1. The molecular weight excluding hydrogens is 254 g/mol. The molecule has 0 aromatic carbocycles. The monoisotopic (exact) mass is 269 g/mol. The topological polar surface area (TPSA) is 104 Å². The molecule has 8 heteroatoms. The average molecular weight is 269 g/mol. The zero-order valence-electron chi connectivity index (χ0n) is 11.0. The molecule has 8 nitrogen and oxygen atoms in total. The number of hydrogen-bond acceptors (Lipinski definition) is 5. The molecule has 0 saturated carbocycles. The summed E-state index contributed by atoms with van der Waals surface area (Å²) in [4.78, 5) is 45.5. The summed E-state index contributed by atoms with van der Waals surface area (Å²) >= 11 is 0. The van der Waals surface area contributed by atoms with Crippen LogP contribution in [0.4, 0.5) is 5.69 Å². The van der Waals surface area contributed by atoms with Crippen LogP contribution in [0.1, 0.15) is 33.2 Å². The number of nitro groups is 1. The van der Waals surface area contributed by atoms with E-state index in [9.17, 15) is 24.5 Å². The van der Waals surface area contributed by atoms with Gasteiger partial charge in [-0.3, -0.25) is 24.3 Å². The number of Topliss-reactive ketones (excluding diaryl/α,β-unsaturated/α-hetero) is 1. The van der Waals surface area contributed by atoms with Gasteiger partial charge < -0.3 is 0 Å². The number of hydrogen-bond donors (Lipinski definition) is 0. The van der Waals surface area contributed by atoms with E-state index in [0.717, 1.165) is 10.8 Å². The zero-order valence-corrected chi connectivity index (χ0v) is 11.0. The molecule has 1 aromatic heterocycles. The van der Waals surface area contributed by atoms with Crippen LogP contribution in [0.5, 0.6) is 0 Å². The van der Waals surface area contributed by atoms with Crippen LogP contribution < -0.4 is 11.2 Å². The summed E-state index contributed by atoms with van der Waals surface area (Å²) < 4.78 is 1.69. The number of ketones is 1. The highest BCUT2D eigenvalue weighted by molar-refractivity contribution is 5.81. The van der Waals surface area contributed by atoms with Crippen LogP contribution >= 0.6 is 0 Å². The highest BCUT2D eigenvalue weighted by Gasteiger charge is 2.25. The molecule has 0 aliphatic heterocycles. The fourth-order valence-electron chi connectivity index (χ4n) is 1.74. The van der Waals surface area contributed by atoms with Gasteiger partial charge in [0.25, 0.3) is 0 Å². The van der Waals surface area contributed by atoms with Gasteiger partial charge in [-0.15, -0.1) is 0 Å². The van der Waals surface area contributed by atoms with Crippen LogP contribution in [-0.2, 0) is 11.3 Å². The van der Waals surface area contributed by atoms with Crippen LogP contribution in [0.15, 0.2) is 15.8 Å². The fourth-order valence-corrected chi connectivity index (χ4v) is 1.74. The molecule has 0 bridgehead atoms. The van der Waals surface area contributed by atoms with Gasteiger partial charge in [0.05, 0.1) is 17.2 Å². The summed E-state index contributed by atoms with van der Waals surface area (Å²) in [6.07, 6.45) is 1.05. The van der Waals surface area contributed by atoms with E-state index in [1.807, 2.05) is 0 Å². The highest BCUT2D eigenvalue weighted by Crippen LogP contribution is 2.07. The van der Waals surface area contributed by atoms with E-state index in [1.165, 1.54) is 6.92 Å². The Hall–Kier alpha value is -2.25. The summed E-state index contributed by atoms with van der Waals surface area (Å²) in [6, 6.07) is -1.01. The van der Waals surface area contributed by atoms with Gasteiger partial charge in [0.2, 0.25) is 0 Å². The Morgan fingerprint density at radius 2 is 2.00 bits per heavy atom. The second kappa shape index (κ2) is 5.59. The molecule has 0 spiro atoms. The van der Waals surface area contributed by atoms with Crippen LogP contribution in [0, 0.1) is 10.1 Å². The first kappa shape index (κ1) is 14.8. The maximum Gasteiger partial charge on any atom is 0.350 e. The fraction of sp³-hybridized carbons (Fsp3) is 0.545. The lowest BCUT2D eigenvalue weighted by Gasteiger charge is -2.13. The molecule has 19 heavy (non-hydrogen) atoms. The third kappa shape index (κ3) is 2.61. The lowest BCUT2D eigenvalue weighted by Crippen LogP contribution is -2.43. The van der Waals surface area contributed by atoms with Gasteiger partial charge in [-0.2, -0.15) is 0 Å². The number of nitrogens with zero attached hydrogens (tertiary/aromatic N) is 3. The molecule has 1 unspecified atom stereocenters. The molecule has 0 amide bonds. The number of aromatic nitrogens is 2. The van der Waals surface area contributed by atoms with Crippen molar-refractivity contribution in [1.29, 1.82) is 0 Å². The number of carbonyl (C=O) groups is 1.